The molecule has 0 aliphatic rings. The van der Waals surface area contributed by atoms with Crippen LogP contribution in [0.5, 0.6) is 5.75 Å². The summed E-state index contributed by atoms with van der Waals surface area (Å²) in [6, 6.07) is 16.0. The standard InChI is InChI=1S/C17H16N2O2/c1-12-7-8-14(15-10-19-21-17(15)18)9-16(12)20-11-13-5-3-2-4-6-13/h2-10H,11,18H2,1H3. The van der Waals surface area contributed by atoms with Gasteiger partial charge in [-0.05, 0) is 29.7 Å². The maximum Gasteiger partial charge on any atom is 0.229 e. The van der Waals surface area contributed by atoms with E-state index in [0.29, 0.717) is 12.5 Å². The number of anilines is 1. The summed E-state index contributed by atoms with van der Waals surface area (Å²) in [6.45, 7) is 2.55. The van der Waals surface area contributed by atoms with Crippen molar-refractivity contribution in [1.29, 1.82) is 0 Å². The van der Waals surface area contributed by atoms with E-state index in [2.05, 4.69) is 5.16 Å². The average molecular weight is 280 g/mol. The van der Waals surface area contributed by atoms with E-state index in [-0.39, 0.29) is 0 Å². The zero-order valence-corrected chi connectivity index (χ0v) is 11.7. The van der Waals surface area contributed by atoms with E-state index in [1.807, 2.05) is 55.5 Å². The minimum Gasteiger partial charge on any atom is -0.489 e. The highest BCUT2D eigenvalue weighted by Gasteiger charge is 2.09. The molecule has 0 aliphatic carbocycles. The van der Waals surface area contributed by atoms with E-state index in [1.54, 1.807) is 6.20 Å². The molecule has 0 unspecified atom stereocenters. The topological polar surface area (TPSA) is 61.3 Å². The minimum absolute atomic E-state index is 0.313. The highest BCUT2D eigenvalue weighted by atomic mass is 16.5. The fourth-order valence-corrected chi connectivity index (χ4v) is 2.12. The van der Waals surface area contributed by atoms with Crippen molar-refractivity contribution in [2.24, 2.45) is 0 Å². The molecular formula is C17H16N2O2. The van der Waals surface area contributed by atoms with E-state index < -0.39 is 0 Å². The van der Waals surface area contributed by atoms with Crippen LogP contribution in [0.15, 0.2) is 59.3 Å². The van der Waals surface area contributed by atoms with Gasteiger partial charge in [0.25, 0.3) is 0 Å². The molecule has 0 radical (unpaired) electrons. The molecule has 0 fully saturated rings. The van der Waals surface area contributed by atoms with E-state index >= 15 is 0 Å². The molecule has 2 N–H and O–H groups in total. The van der Waals surface area contributed by atoms with E-state index in [9.17, 15) is 0 Å². The number of nitrogens with zero attached hydrogens (tertiary/aromatic N) is 1. The number of nitrogens with two attached hydrogens (primary N) is 1. The first kappa shape index (κ1) is 13.2. The molecular weight excluding hydrogens is 264 g/mol. The number of benzene rings is 2. The third-order valence-corrected chi connectivity index (χ3v) is 3.33. The van der Waals surface area contributed by atoms with Gasteiger partial charge >= 0.3 is 0 Å². The van der Waals surface area contributed by atoms with Crippen LogP contribution < -0.4 is 10.5 Å². The lowest BCUT2D eigenvalue weighted by atomic mass is 10.1. The molecule has 2 aromatic carbocycles. The average Bonchev–Trinajstić information content (AvgIpc) is 2.94. The second kappa shape index (κ2) is 5.71. The number of aryl methyl sites for hydroxylation is 1. The maximum atomic E-state index is 5.91. The van der Waals surface area contributed by atoms with Gasteiger partial charge in [-0.15, -0.1) is 0 Å². The first-order valence-electron chi connectivity index (χ1n) is 6.72. The lowest BCUT2D eigenvalue weighted by molar-refractivity contribution is 0.304. The first-order chi connectivity index (χ1) is 10.2. The number of rotatable bonds is 4. The van der Waals surface area contributed by atoms with Crippen LogP contribution in [-0.4, -0.2) is 5.16 Å². The summed E-state index contributed by atoms with van der Waals surface area (Å²) < 4.78 is 10.8. The van der Waals surface area contributed by atoms with Crippen LogP contribution in [0.4, 0.5) is 5.88 Å². The Hall–Kier alpha value is -2.75. The van der Waals surface area contributed by atoms with Crippen LogP contribution in [0.2, 0.25) is 0 Å². The Bertz CT molecular complexity index is 736. The molecule has 106 valence electrons. The molecule has 0 saturated heterocycles. The van der Waals surface area contributed by atoms with Crippen molar-refractivity contribution >= 4 is 5.88 Å². The number of nitrogen functional groups attached to an aromatic ring is 1. The fraction of sp³-hybridized carbons (Fsp3) is 0.118. The highest BCUT2D eigenvalue weighted by molar-refractivity contribution is 5.73. The van der Waals surface area contributed by atoms with Gasteiger partial charge in [-0.3, -0.25) is 0 Å². The molecule has 1 aromatic heterocycles. The lowest BCUT2D eigenvalue weighted by Crippen LogP contribution is -1.97. The predicted molar refractivity (Wildman–Crippen MR) is 81.9 cm³/mol. The van der Waals surface area contributed by atoms with Gasteiger partial charge in [0.2, 0.25) is 5.88 Å². The Kier molecular flexibility index (Phi) is 3.60. The van der Waals surface area contributed by atoms with Crippen LogP contribution in [-0.2, 0) is 6.61 Å². The molecule has 3 aromatic rings. The molecule has 4 heteroatoms. The Balaban J connectivity index is 1.83. The largest absolute Gasteiger partial charge is 0.489 e. The van der Waals surface area contributed by atoms with Crippen LogP contribution in [0.3, 0.4) is 0 Å². The first-order valence-corrected chi connectivity index (χ1v) is 6.72. The molecule has 3 rings (SSSR count). The van der Waals surface area contributed by atoms with Gasteiger partial charge in [0, 0.05) is 0 Å². The van der Waals surface area contributed by atoms with E-state index in [1.165, 1.54) is 0 Å². The number of hydrogen-bond donors (Lipinski definition) is 1. The SMILES string of the molecule is Cc1ccc(-c2cnoc2N)cc1OCc1ccccc1. The smallest absolute Gasteiger partial charge is 0.229 e. The van der Waals surface area contributed by atoms with Gasteiger partial charge in [0.1, 0.15) is 12.4 Å². The quantitative estimate of drug-likeness (QED) is 0.789. The number of aromatic nitrogens is 1. The van der Waals surface area contributed by atoms with E-state index in [4.69, 9.17) is 15.0 Å². The van der Waals surface area contributed by atoms with Crippen LogP contribution in [0.25, 0.3) is 11.1 Å². The lowest BCUT2D eigenvalue weighted by Gasteiger charge is -2.10. The molecule has 0 aliphatic heterocycles. The summed E-state index contributed by atoms with van der Waals surface area (Å²) in [7, 11) is 0. The molecule has 0 spiro atoms. The molecule has 0 bridgehead atoms. The molecule has 0 saturated carbocycles. The molecule has 0 atom stereocenters. The van der Waals surface area contributed by atoms with Gasteiger partial charge < -0.3 is 15.0 Å². The number of hydrogen-bond acceptors (Lipinski definition) is 4. The van der Waals surface area contributed by atoms with Crippen molar-refractivity contribution < 1.29 is 9.26 Å². The summed E-state index contributed by atoms with van der Waals surface area (Å²) in [4.78, 5) is 0. The van der Waals surface area contributed by atoms with Crippen molar-refractivity contribution in [3.8, 4) is 16.9 Å². The normalized spacial score (nSPS) is 10.5. The summed E-state index contributed by atoms with van der Waals surface area (Å²) in [5.74, 6) is 1.14. The van der Waals surface area contributed by atoms with Crippen LogP contribution in [0, 0.1) is 6.92 Å². The van der Waals surface area contributed by atoms with Gasteiger partial charge in [-0.2, -0.15) is 0 Å². The summed E-state index contributed by atoms with van der Waals surface area (Å²) >= 11 is 0. The van der Waals surface area contributed by atoms with Crippen LogP contribution >= 0.6 is 0 Å². The third kappa shape index (κ3) is 2.89. The predicted octanol–water partition coefficient (Wildman–Crippen LogP) is 3.81. The molecule has 21 heavy (non-hydrogen) atoms. The second-order valence-corrected chi connectivity index (χ2v) is 4.86. The third-order valence-electron chi connectivity index (χ3n) is 3.33. The Morgan fingerprint density at radius 2 is 1.95 bits per heavy atom. The van der Waals surface area contributed by atoms with E-state index in [0.717, 1.165) is 28.0 Å². The monoisotopic (exact) mass is 280 g/mol. The second-order valence-electron chi connectivity index (χ2n) is 4.86. The Labute approximate surface area is 123 Å². The fourth-order valence-electron chi connectivity index (χ4n) is 2.12. The number of ether oxygens (including phenoxy) is 1. The summed E-state index contributed by atoms with van der Waals surface area (Å²) in [5.41, 5.74) is 9.67. The molecule has 4 nitrogen and oxygen atoms in total. The minimum atomic E-state index is 0.313. The Morgan fingerprint density at radius 1 is 1.14 bits per heavy atom. The van der Waals surface area contributed by atoms with Crippen molar-refractivity contribution in [1.82, 2.24) is 5.16 Å². The van der Waals surface area contributed by atoms with Crippen molar-refractivity contribution in [2.45, 2.75) is 13.5 Å². The molecule has 1 heterocycles. The zero-order chi connectivity index (χ0) is 14.7. The van der Waals surface area contributed by atoms with Crippen molar-refractivity contribution in [2.75, 3.05) is 5.73 Å². The maximum absolute atomic E-state index is 5.91. The van der Waals surface area contributed by atoms with Gasteiger partial charge in [-0.1, -0.05) is 47.6 Å². The molecule has 0 amide bonds. The van der Waals surface area contributed by atoms with Crippen molar-refractivity contribution in [3.05, 3.63) is 65.9 Å². The van der Waals surface area contributed by atoms with Gasteiger partial charge in [0.05, 0.1) is 11.8 Å². The van der Waals surface area contributed by atoms with Crippen LogP contribution in [0.1, 0.15) is 11.1 Å². The zero-order valence-electron chi connectivity index (χ0n) is 11.7. The van der Waals surface area contributed by atoms with Gasteiger partial charge in [0.15, 0.2) is 0 Å². The highest BCUT2D eigenvalue weighted by Crippen LogP contribution is 2.30. The summed E-state index contributed by atoms with van der Waals surface area (Å²) in [5, 5.41) is 3.70. The van der Waals surface area contributed by atoms with Crippen molar-refractivity contribution in [3.63, 3.8) is 0 Å². The Morgan fingerprint density at radius 3 is 2.67 bits per heavy atom. The van der Waals surface area contributed by atoms with Gasteiger partial charge in [-0.25, -0.2) is 0 Å². The summed E-state index contributed by atoms with van der Waals surface area (Å²) in [6.07, 6.45) is 1.61.